The van der Waals surface area contributed by atoms with Gasteiger partial charge in [-0.2, -0.15) is 0 Å². The van der Waals surface area contributed by atoms with E-state index in [1.807, 2.05) is 106 Å². The normalized spacial score (nSPS) is 18.1. The summed E-state index contributed by atoms with van der Waals surface area (Å²) in [7, 11) is -0.314. The van der Waals surface area contributed by atoms with Gasteiger partial charge in [0.25, 0.3) is 0 Å². The van der Waals surface area contributed by atoms with Crippen LogP contribution in [0.3, 0.4) is 0 Å². The number of amides is 2. The van der Waals surface area contributed by atoms with Crippen molar-refractivity contribution in [2.24, 2.45) is 0 Å². The molecule has 0 saturated carbocycles. The number of carbonyl (C=O) groups excluding carboxylic acids is 2. The van der Waals surface area contributed by atoms with E-state index in [9.17, 15) is 14.7 Å². The molecule has 2 aromatic rings. The molecule has 1 fully saturated rings. The van der Waals surface area contributed by atoms with Gasteiger partial charge in [0.1, 0.15) is 22.7 Å². The van der Waals surface area contributed by atoms with Gasteiger partial charge in [-0.1, -0.05) is 37.8 Å². The van der Waals surface area contributed by atoms with Crippen LogP contribution in [0.2, 0.25) is 0 Å². The van der Waals surface area contributed by atoms with Gasteiger partial charge in [-0.3, -0.25) is 0 Å². The molecule has 0 spiro atoms. The molecule has 51 heavy (non-hydrogen) atoms. The van der Waals surface area contributed by atoms with Gasteiger partial charge in [0, 0.05) is 29.7 Å². The Hall–Kier alpha value is -3.23. The molecule has 2 amide bonds. The molecule has 282 valence electrons. The van der Waals surface area contributed by atoms with Crippen molar-refractivity contribution in [1.29, 1.82) is 0 Å². The maximum atomic E-state index is 12.1. The topological polar surface area (TPSA) is 118 Å². The number of phenolic OH excluding ortho intramolecular Hbond substituents is 2. The Bertz CT molecular complexity index is 1510. The Morgan fingerprint density at radius 3 is 1.61 bits per heavy atom. The van der Waals surface area contributed by atoms with Crippen LogP contribution in [-0.2, 0) is 18.8 Å². The van der Waals surface area contributed by atoms with Gasteiger partial charge >= 0.3 is 19.3 Å². The van der Waals surface area contributed by atoms with Crippen LogP contribution in [0.15, 0.2) is 66.2 Å². The summed E-state index contributed by atoms with van der Waals surface area (Å²) < 4.78 is 23.9. The fourth-order valence-corrected chi connectivity index (χ4v) is 5.52. The van der Waals surface area contributed by atoms with E-state index in [0.29, 0.717) is 31.9 Å². The van der Waals surface area contributed by atoms with Crippen LogP contribution in [0.25, 0.3) is 5.57 Å². The minimum Gasteiger partial charge on any atom is -0.508 e. The highest BCUT2D eigenvalue weighted by Crippen LogP contribution is 2.39. The predicted octanol–water partition coefficient (Wildman–Crippen LogP) is 9.23. The Morgan fingerprint density at radius 2 is 1.24 bits per heavy atom. The first kappa shape index (κ1) is 43.9. The molecule has 1 saturated heterocycles. The molecule has 3 aliphatic heterocycles. The second-order valence-electron chi connectivity index (χ2n) is 15.5. The predicted molar refractivity (Wildman–Crippen MR) is 213 cm³/mol. The fourth-order valence-electron chi connectivity index (χ4n) is 4.99. The summed E-state index contributed by atoms with van der Waals surface area (Å²) in [6, 6.07) is 14.3. The molecule has 0 atom stereocenters. The lowest BCUT2D eigenvalue weighted by molar-refractivity contribution is 0.00578. The monoisotopic (exact) mass is 820 g/mol. The number of rotatable bonds is 2. The molecule has 3 heterocycles. The largest absolute Gasteiger partial charge is 0.508 e. The highest BCUT2D eigenvalue weighted by molar-refractivity contribution is 14.1. The third kappa shape index (κ3) is 14.0. The van der Waals surface area contributed by atoms with Crippen molar-refractivity contribution in [2.75, 3.05) is 26.2 Å². The van der Waals surface area contributed by atoms with Gasteiger partial charge in [0.15, 0.2) is 0 Å². The minimum absolute atomic E-state index is 0. The molecule has 0 aliphatic carbocycles. The van der Waals surface area contributed by atoms with Crippen LogP contribution in [0.5, 0.6) is 11.5 Å². The second-order valence-corrected chi connectivity index (χ2v) is 16.7. The number of carbonyl (C=O) groups is 2. The molecule has 3 aliphatic rings. The SMILES string of the molecule is C.CC(C)(C)OC(=O)N1CC=C(B2OC(C)(C)C(C)(C)O2)CC1.CC(C)(C)OC(=O)N1CC=C(c2cccc(O)c2)CC1.Oc1cccc(I)c1. The summed E-state index contributed by atoms with van der Waals surface area (Å²) in [5.41, 5.74) is 1.67. The van der Waals surface area contributed by atoms with E-state index in [0.717, 1.165) is 33.0 Å². The van der Waals surface area contributed by atoms with Crippen LogP contribution in [0.1, 0.15) is 95.1 Å². The van der Waals surface area contributed by atoms with E-state index in [4.69, 9.17) is 23.9 Å². The molecule has 2 N–H and O–H groups in total. The van der Waals surface area contributed by atoms with Gasteiger partial charge in [0.05, 0.1) is 11.2 Å². The summed E-state index contributed by atoms with van der Waals surface area (Å²) in [4.78, 5) is 27.4. The second kappa shape index (κ2) is 18.0. The summed E-state index contributed by atoms with van der Waals surface area (Å²) in [6.45, 7) is 21.7. The minimum atomic E-state index is -0.466. The third-order valence-electron chi connectivity index (χ3n) is 8.34. The van der Waals surface area contributed by atoms with Crippen molar-refractivity contribution >= 4 is 47.5 Å². The number of phenols is 2. The van der Waals surface area contributed by atoms with E-state index >= 15 is 0 Å². The van der Waals surface area contributed by atoms with Gasteiger partial charge < -0.3 is 38.8 Å². The van der Waals surface area contributed by atoms with Crippen molar-refractivity contribution in [3.8, 4) is 11.5 Å². The van der Waals surface area contributed by atoms with E-state index in [-0.39, 0.29) is 43.7 Å². The quantitative estimate of drug-likeness (QED) is 0.228. The van der Waals surface area contributed by atoms with Crippen molar-refractivity contribution in [1.82, 2.24) is 9.80 Å². The maximum absolute atomic E-state index is 12.1. The van der Waals surface area contributed by atoms with Gasteiger partial charge in [0.2, 0.25) is 0 Å². The van der Waals surface area contributed by atoms with Crippen molar-refractivity contribution < 1.29 is 38.6 Å². The van der Waals surface area contributed by atoms with E-state index in [1.165, 1.54) is 0 Å². The standard InChI is InChI=1S/C16H28BNO4.C16H21NO3.C6H5IO.CH4/c1-14(2,3)20-13(19)18-10-8-12(9-11-18)17-21-15(4,5)16(6,7)22-17;1-16(2,3)20-15(19)17-9-7-12(8-10-17)13-5-4-6-14(18)11-13;7-5-2-1-3-6(8)4-5;/h8H,9-11H2,1-7H3;4-7,11,18H,8-10H2,1-3H3;1-4,8H;1H4. The Kier molecular flexibility index (Phi) is 15.5. The number of benzene rings is 2. The fraction of sp³-hybridized carbons (Fsp3) is 0.538. The molecular weight excluding hydrogens is 762 g/mol. The first-order chi connectivity index (χ1) is 23.0. The van der Waals surface area contributed by atoms with Crippen LogP contribution >= 0.6 is 22.6 Å². The number of halogens is 1. The molecular formula is C39H58BIN2O8. The lowest BCUT2D eigenvalue weighted by Crippen LogP contribution is -2.41. The van der Waals surface area contributed by atoms with Crippen LogP contribution in [-0.4, -0.2) is 87.9 Å². The number of nitrogens with zero attached hydrogens (tertiary/aromatic N) is 2. The molecule has 10 nitrogen and oxygen atoms in total. The Balaban J connectivity index is 0.000000287. The van der Waals surface area contributed by atoms with Crippen molar-refractivity contribution in [3.63, 3.8) is 0 Å². The van der Waals surface area contributed by atoms with Crippen LogP contribution < -0.4 is 0 Å². The third-order valence-corrected chi connectivity index (χ3v) is 9.01. The van der Waals surface area contributed by atoms with Gasteiger partial charge in [-0.25, -0.2) is 9.59 Å². The molecule has 0 aromatic heterocycles. The maximum Gasteiger partial charge on any atom is 0.490 e. The first-order valence-corrected chi connectivity index (χ1v) is 18.1. The average Bonchev–Trinajstić information content (AvgIpc) is 3.22. The lowest BCUT2D eigenvalue weighted by Gasteiger charge is -2.32. The van der Waals surface area contributed by atoms with Gasteiger partial charge in [-0.15, -0.1) is 0 Å². The van der Waals surface area contributed by atoms with Crippen LogP contribution in [0, 0.1) is 3.57 Å². The number of hydrogen-bond acceptors (Lipinski definition) is 8. The van der Waals surface area contributed by atoms with E-state index < -0.39 is 11.2 Å². The molecule has 0 radical (unpaired) electrons. The molecule has 5 rings (SSSR count). The van der Waals surface area contributed by atoms with E-state index in [1.54, 1.807) is 34.1 Å². The summed E-state index contributed by atoms with van der Waals surface area (Å²) in [5, 5.41) is 18.3. The van der Waals surface area contributed by atoms with Crippen molar-refractivity contribution in [2.45, 2.75) is 112 Å². The Labute approximate surface area is 319 Å². The van der Waals surface area contributed by atoms with Gasteiger partial charge in [-0.05, 0) is 152 Å². The summed E-state index contributed by atoms with van der Waals surface area (Å²) >= 11 is 2.15. The highest BCUT2D eigenvalue weighted by atomic mass is 127. The van der Waals surface area contributed by atoms with Crippen LogP contribution in [0.4, 0.5) is 9.59 Å². The van der Waals surface area contributed by atoms with Crippen molar-refractivity contribution in [3.05, 3.63) is 75.3 Å². The zero-order valence-corrected chi connectivity index (χ0v) is 33.4. The zero-order valence-electron chi connectivity index (χ0n) is 31.2. The summed E-state index contributed by atoms with van der Waals surface area (Å²) in [6.07, 6.45) is 5.01. The highest BCUT2D eigenvalue weighted by Gasteiger charge is 2.52. The summed E-state index contributed by atoms with van der Waals surface area (Å²) in [5.74, 6) is 0.592. The number of ether oxygens (including phenoxy) is 2. The lowest BCUT2D eigenvalue weighted by atomic mass is 9.75. The molecule has 0 unspecified atom stereocenters. The van der Waals surface area contributed by atoms with E-state index in [2.05, 4.69) is 22.6 Å². The average molecular weight is 821 g/mol. The molecule has 0 bridgehead atoms. The smallest absolute Gasteiger partial charge is 0.490 e. The Morgan fingerprint density at radius 1 is 0.765 bits per heavy atom. The zero-order chi connectivity index (χ0) is 37.5. The number of aromatic hydroxyl groups is 2. The number of hydrogen-bond donors (Lipinski definition) is 2. The molecule has 12 heteroatoms. The molecule has 2 aromatic carbocycles. The first-order valence-electron chi connectivity index (χ1n) is 17.0.